The first kappa shape index (κ1) is 13.2. The summed E-state index contributed by atoms with van der Waals surface area (Å²) in [5, 5.41) is 3.32. The molecule has 102 valence electrons. The summed E-state index contributed by atoms with van der Waals surface area (Å²) in [7, 11) is 0. The molecule has 3 N–H and O–H groups in total. The normalized spacial score (nSPS) is 14.8. The largest absolute Gasteiger partial charge is 0.324 e. The zero-order chi connectivity index (χ0) is 14.3. The fourth-order valence-electron chi connectivity index (χ4n) is 2.56. The topological polar surface area (TPSA) is 55.1 Å². The highest BCUT2D eigenvalue weighted by atomic mass is 35.5. The van der Waals surface area contributed by atoms with Crippen LogP contribution in [0, 0.1) is 6.92 Å². The number of nitrogens with two attached hydrogens (primary N) is 1. The first-order valence-electron chi connectivity index (χ1n) is 6.49. The van der Waals surface area contributed by atoms with Gasteiger partial charge in [-0.1, -0.05) is 47.5 Å². The number of halogens is 1. The second-order valence-corrected chi connectivity index (χ2v) is 5.56. The number of hydrogen-bond donors (Lipinski definition) is 2. The van der Waals surface area contributed by atoms with Crippen molar-refractivity contribution in [1.29, 1.82) is 0 Å². The molecule has 0 spiro atoms. The van der Waals surface area contributed by atoms with Gasteiger partial charge in [-0.25, -0.2) is 0 Å². The van der Waals surface area contributed by atoms with Gasteiger partial charge in [0, 0.05) is 0 Å². The maximum absolute atomic E-state index is 11.4. The van der Waals surface area contributed by atoms with Crippen molar-refractivity contribution in [3.05, 3.63) is 63.7 Å². The van der Waals surface area contributed by atoms with E-state index < -0.39 is 0 Å². The monoisotopic (exact) mass is 286 g/mol. The third-order valence-corrected chi connectivity index (χ3v) is 3.87. The standard InChI is InChI=1S/C16H15ClN2O/c1-9-3-2-4-10(5-9)15(18)11-6-12-8-14(20)19-16(12)13(17)7-11/h2-7,15H,8,18H2,1H3,(H,19,20). The zero-order valence-corrected chi connectivity index (χ0v) is 11.9. The number of rotatable bonds is 2. The smallest absolute Gasteiger partial charge is 0.228 e. The Kier molecular flexibility index (Phi) is 3.24. The van der Waals surface area contributed by atoms with E-state index >= 15 is 0 Å². The number of fused-ring (bicyclic) bond motifs is 1. The lowest BCUT2D eigenvalue weighted by Gasteiger charge is -2.15. The number of carbonyl (C=O) groups excluding carboxylic acids is 1. The van der Waals surface area contributed by atoms with Gasteiger partial charge in [-0.05, 0) is 29.7 Å². The molecule has 1 heterocycles. The molecule has 0 aromatic heterocycles. The molecule has 1 unspecified atom stereocenters. The summed E-state index contributed by atoms with van der Waals surface area (Å²) >= 11 is 6.23. The number of benzene rings is 2. The fraction of sp³-hybridized carbons (Fsp3) is 0.188. The molecule has 1 aliphatic rings. The quantitative estimate of drug-likeness (QED) is 0.891. The lowest BCUT2D eigenvalue weighted by Crippen LogP contribution is -2.12. The first-order chi connectivity index (χ1) is 9.54. The van der Waals surface area contributed by atoms with Gasteiger partial charge in [0.15, 0.2) is 0 Å². The fourth-order valence-corrected chi connectivity index (χ4v) is 2.85. The number of nitrogens with one attached hydrogen (secondary N) is 1. The lowest BCUT2D eigenvalue weighted by molar-refractivity contribution is -0.115. The van der Waals surface area contributed by atoms with E-state index in [0.29, 0.717) is 11.4 Å². The van der Waals surface area contributed by atoms with Gasteiger partial charge >= 0.3 is 0 Å². The Morgan fingerprint density at radius 1 is 1.25 bits per heavy atom. The highest BCUT2D eigenvalue weighted by Crippen LogP contribution is 2.35. The summed E-state index contributed by atoms with van der Waals surface area (Å²) in [6, 6.07) is 11.6. The van der Waals surface area contributed by atoms with E-state index in [1.54, 1.807) is 0 Å². The molecule has 0 fully saturated rings. The molecule has 3 rings (SSSR count). The summed E-state index contributed by atoms with van der Waals surface area (Å²) in [6.07, 6.45) is 0.365. The van der Waals surface area contributed by atoms with Crippen molar-refractivity contribution >= 4 is 23.2 Å². The molecule has 0 saturated heterocycles. The van der Waals surface area contributed by atoms with E-state index in [4.69, 9.17) is 17.3 Å². The van der Waals surface area contributed by atoms with E-state index in [1.807, 2.05) is 37.3 Å². The van der Waals surface area contributed by atoms with Crippen molar-refractivity contribution in [2.24, 2.45) is 5.73 Å². The van der Waals surface area contributed by atoms with Crippen molar-refractivity contribution in [2.45, 2.75) is 19.4 Å². The van der Waals surface area contributed by atoms with Crippen molar-refractivity contribution in [3.8, 4) is 0 Å². The molecule has 0 radical (unpaired) electrons. The second kappa shape index (κ2) is 4.93. The van der Waals surface area contributed by atoms with E-state index in [1.165, 1.54) is 5.56 Å². The number of carbonyl (C=O) groups is 1. The molecular weight excluding hydrogens is 272 g/mol. The molecular formula is C16H15ClN2O. The molecule has 1 atom stereocenters. The van der Waals surface area contributed by atoms with Crippen molar-refractivity contribution in [3.63, 3.8) is 0 Å². The number of amides is 1. The van der Waals surface area contributed by atoms with Crippen molar-refractivity contribution < 1.29 is 4.79 Å². The molecule has 2 aromatic carbocycles. The first-order valence-corrected chi connectivity index (χ1v) is 6.86. The third kappa shape index (κ3) is 2.30. The molecule has 3 nitrogen and oxygen atoms in total. The van der Waals surface area contributed by atoms with Gasteiger partial charge in [-0.3, -0.25) is 4.79 Å². The van der Waals surface area contributed by atoms with Crippen LogP contribution in [0.3, 0.4) is 0 Å². The van der Waals surface area contributed by atoms with Crippen LogP contribution in [0.15, 0.2) is 36.4 Å². The number of hydrogen-bond acceptors (Lipinski definition) is 2. The lowest BCUT2D eigenvalue weighted by atomic mass is 9.96. The molecule has 4 heteroatoms. The number of anilines is 1. The van der Waals surface area contributed by atoms with E-state index in [9.17, 15) is 4.79 Å². The van der Waals surface area contributed by atoms with Crippen LogP contribution in [0.1, 0.15) is 28.3 Å². The average Bonchev–Trinajstić information content (AvgIpc) is 2.79. The van der Waals surface area contributed by atoms with Gasteiger partial charge in [0.2, 0.25) is 5.91 Å². The summed E-state index contributed by atoms with van der Waals surface area (Å²) in [5.41, 5.74) is 11.1. The van der Waals surface area contributed by atoms with Gasteiger partial charge in [-0.2, -0.15) is 0 Å². The maximum atomic E-state index is 11.4. The van der Waals surface area contributed by atoms with Crippen LogP contribution < -0.4 is 11.1 Å². The Hall–Kier alpha value is -1.84. The molecule has 1 amide bonds. The molecule has 2 aromatic rings. The van der Waals surface area contributed by atoms with Crippen LogP contribution in [-0.2, 0) is 11.2 Å². The minimum atomic E-state index is -0.242. The Morgan fingerprint density at radius 3 is 2.80 bits per heavy atom. The van der Waals surface area contributed by atoms with Crippen LogP contribution >= 0.6 is 11.6 Å². The van der Waals surface area contributed by atoms with Crippen LogP contribution in [-0.4, -0.2) is 5.91 Å². The van der Waals surface area contributed by atoms with Crippen molar-refractivity contribution in [2.75, 3.05) is 5.32 Å². The van der Waals surface area contributed by atoms with E-state index in [0.717, 1.165) is 22.4 Å². The SMILES string of the molecule is Cc1cccc(C(N)c2cc(Cl)c3c(c2)CC(=O)N3)c1. The van der Waals surface area contributed by atoms with Gasteiger partial charge < -0.3 is 11.1 Å². The van der Waals surface area contributed by atoms with Crippen molar-refractivity contribution in [1.82, 2.24) is 0 Å². The third-order valence-electron chi connectivity index (χ3n) is 3.57. The van der Waals surface area contributed by atoms with Gasteiger partial charge in [0.25, 0.3) is 0 Å². The van der Waals surface area contributed by atoms with Gasteiger partial charge in [-0.15, -0.1) is 0 Å². The van der Waals surface area contributed by atoms with Crippen LogP contribution in [0.4, 0.5) is 5.69 Å². The Bertz CT molecular complexity index is 697. The average molecular weight is 287 g/mol. The summed E-state index contributed by atoms with van der Waals surface area (Å²) in [5.74, 6) is -0.0248. The van der Waals surface area contributed by atoms with Crippen LogP contribution in [0.5, 0.6) is 0 Å². The van der Waals surface area contributed by atoms with Crippen LogP contribution in [0.2, 0.25) is 5.02 Å². The van der Waals surface area contributed by atoms with E-state index in [2.05, 4.69) is 11.4 Å². The maximum Gasteiger partial charge on any atom is 0.228 e. The molecule has 0 bridgehead atoms. The Morgan fingerprint density at radius 2 is 2.05 bits per heavy atom. The molecule has 20 heavy (non-hydrogen) atoms. The highest BCUT2D eigenvalue weighted by Gasteiger charge is 2.22. The predicted octanol–water partition coefficient (Wildman–Crippen LogP) is 3.19. The summed E-state index contributed by atoms with van der Waals surface area (Å²) in [4.78, 5) is 11.4. The summed E-state index contributed by atoms with van der Waals surface area (Å²) < 4.78 is 0. The second-order valence-electron chi connectivity index (χ2n) is 5.15. The summed E-state index contributed by atoms with van der Waals surface area (Å²) in [6.45, 7) is 2.04. The number of aryl methyl sites for hydroxylation is 1. The Labute approximate surface area is 122 Å². The molecule has 0 saturated carbocycles. The van der Waals surface area contributed by atoms with Gasteiger partial charge in [0.1, 0.15) is 0 Å². The van der Waals surface area contributed by atoms with E-state index in [-0.39, 0.29) is 11.9 Å². The predicted molar refractivity (Wildman–Crippen MR) is 81.0 cm³/mol. The molecule has 1 aliphatic heterocycles. The highest BCUT2D eigenvalue weighted by molar-refractivity contribution is 6.34. The van der Waals surface area contributed by atoms with Gasteiger partial charge in [0.05, 0.1) is 23.2 Å². The van der Waals surface area contributed by atoms with Crippen LogP contribution in [0.25, 0.3) is 0 Å². The zero-order valence-electron chi connectivity index (χ0n) is 11.1. The Balaban J connectivity index is 2.01. The minimum absolute atomic E-state index is 0.0248. The molecule has 0 aliphatic carbocycles. The minimum Gasteiger partial charge on any atom is -0.324 e.